The lowest BCUT2D eigenvalue weighted by Crippen LogP contribution is -2.41. The largest absolute Gasteiger partial charge is 0.374 e. The van der Waals surface area contributed by atoms with Gasteiger partial charge in [0, 0.05) is 30.2 Å². The summed E-state index contributed by atoms with van der Waals surface area (Å²) in [7, 11) is 2.12. The summed E-state index contributed by atoms with van der Waals surface area (Å²) in [5, 5.41) is 10.1. The first-order valence-corrected chi connectivity index (χ1v) is 6.56. The van der Waals surface area contributed by atoms with Crippen LogP contribution in [-0.2, 0) is 11.3 Å². The summed E-state index contributed by atoms with van der Waals surface area (Å²) < 4.78 is 7.98. The third-order valence-corrected chi connectivity index (χ3v) is 3.68. The molecule has 3 rings (SSSR count). The first kappa shape index (κ1) is 12.2. The topological polar surface area (TPSA) is 41.2 Å². The zero-order valence-electron chi connectivity index (χ0n) is 11.0. The second kappa shape index (κ2) is 5.04. The highest BCUT2D eigenvalue weighted by molar-refractivity contribution is 5.85. The highest BCUT2D eigenvalue weighted by Gasteiger charge is 2.18. The van der Waals surface area contributed by atoms with Crippen molar-refractivity contribution in [2.45, 2.75) is 12.6 Å². The van der Waals surface area contributed by atoms with Gasteiger partial charge in [0.1, 0.15) is 0 Å². The van der Waals surface area contributed by atoms with Crippen molar-refractivity contribution >= 4 is 10.9 Å². The predicted molar refractivity (Wildman–Crippen MR) is 73.9 cm³/mol. The van der Waals surface area contributed by atoms with E-state index in [0.29, 0.717) is 0 Å². The summed E-state index contributed by atoms with van der Waals surface area (Å²) in [5.41, 5.74) is 1.84. The molecule has 1 aromatic carbocycles. The summed E-state index contributed by atoms with van der Waals surface area (Å²) in [5.74, 6) is 0. The van der Waals surface area contributed by atoms with E-state index in [2.05, 4.69) is 28.7 Å². The quantitative estimate of drug-likeness (QED) is 0.822. The maximum Gasteiger partial charge on any atom is 0.0998 e. The van der Waals surface area contributed by atoms with E-state index >= 15 is 0 Å². The van der Waals surface area contributed by atoms with Gasteiger partial charge in [-0.3, -0.25) is 0 Å². The molecule has 0 N–H and O–H groups in total. The number of aromatic nitrogens is 1. The molecule has 0 radical (unpaired) electrons. The van der Waals surface area contributed by atoms with Crippen molar-refractivity contribution in [3.63, 3.8) is 0 Å². The van der Waals surface area contributed by atoms with Gasteiger partial charge >= 0.3 is 0 Å². The van der Waals surface area contributed by atoms with Crippen molar-refractivity contribution in [1.82, 2.24) is 9.47 Å². The van der Waals surface area contributed by atoms with E-state index in [0.717, 1.165) is 42.7 Å². The number of rotatable bonds is 2. The van der Waals surface area contributed by atoms with Crippen LogP contribution < -0.4 is 0 Å². The van der Waals surface area contributed by atoms with Crippen LogP contribution in [0.4, 0.5) is 0 Å². The van der Waals surface area contributed by atoms with Crippen molar-refractivity contribution in [2.24, 2.45) is 0 Å². The number of likely N-dealkylation sites (N-methyl/N-ethyl adjacent to an activating group) is 1. The Morgan fingerprint density at radius 3 is 3.11 bits per heavy atom. The van der Waals surface area contributed by atoms with Crippen LogP contribution in [0.15, 0.2) is 30.5 Å². The lowest BCUT2D eigenvalue weighted by molar-refractivity contribution is -0.0269. The Morgan fingerprint density at radius 2 is 2.32 bits per heavy atom. The third kappa shape index (κ3) is 2.35. The molecule has 1 unspecified atom stereocenters. The highest BCUT2D eigenvalue weighted by atomic mass is 16.5. The summed E-state index contributed by atoms with van der Waals surface area (Å²) in [6.45, 7) is 3.59. The Bertz CT molecular complexity index is 626. The molecule has 98 valence electrons. The van der Waals surface area contributed by atoms with Gasteiger partial charge in [-0.2, -0.15) is 5.26 Å². The van der Waals surface area contributed by atoms with Gasteiger partial charge in [0.05, 0.1) is 30.9 Å². The number of nitriles is 1. The van der Waals surface area contributed by atoms with Gasteiger partial charge in [0.2, 0.25) is 0 Å². The zero-order chi connectivity index (χ0) is 13.2. The Labute approximate surface area is 112 Å². The first-order valence-electron chi connectivity index (χ1n) is 6.56. The van der Waals surface area contributed by atoms with Gasteiger partial charge < -0.3 is 14.2 Å². The van der Waals surface area contributed by atoms with Crippen LogP contribution in [0.3, 0.4) is 0 Å². The van der Waals surface area contributed by atoms with Crippen LogP contribution in [-0.4, -0.2) is 42.3 Å². The summed E-state index contributed by atoms with van der Waals surface area (Å²) in [6.07, 6.45) is 2.27. The van der Waals surface area contributed by atoms with E-state index in [1.165, 1.54) is 0 Å². The average molecular weight is 255 g/mol. The third-order valence-electron chi connectivity index (χ3n) is 3.68. The first-order chi connectivity index (χ1) is 9.28. The molecule has 1 aliphatic heterocycles. The number of nitrogens with zero attached hydrogens (tertiary/aromatic N) is 3. The minimum absolute atomic E-state index is 0.222. The van der Waals surface area contributed by atoms with Crippen LogP contribution in [0, 0.1) is 11.3 Å². The SMILES string of the molecule is CN1CCOC(Cn2ccc3c(C#N)cccc32)C1. The second-order valence-corrected chi connectivity index (χ2v) is 5.07. The fourth-order valence-corrected chi connectivity index (χ4v) is 2.68. The molecule has 0 spiro atoms. The molecule has 4 nitrogen and oxygen atoms in total. The standard InChI is InChI=1S/C15H17N3O/c1-17-7-8-19-13(10-17)11-18-6-5-14-12(9-16)3-2-4-15(14)18/h2-6,13H,7-8,10-11H2,1H3. The molecule has 0 amide bonds. The van der Waals surface area contributed by atoms with Crippen LogP contribution in [0.1, 0.15) is 5.56 Å². The van der Waals surface area contributed by atoms with Crippen LogP contribution >= 0.6 is 0 Å². The number of hydrogen-bond acceptors (Lipinski definition) is 3. The minimum atomic E-state index is 0.222. The second-order valence-electron chi connectivity index (χ2n) is 5.07. The van der Waals surface area contributed by atoms with E-state index in [-0.39, 0.29) is 6.10 Å². The van der Waals surface area contributed by atoms with Gasteiger partial charge in [-0.1, -0.05) is 6.07 Å². The molecule has 1 atom stereocenters. The van der Waals surface area contributed by atoms with Crippen molar-refractivity contribution in [3.8, 4) is 6.07 Å². The zero-order valence-corrected chi connectivity index (χ0v) is 11.0. The summed E-state index contributed by atoms with van der Waals surface area (Å²) >= 11 is 0. The van der Waals surface area contributed by atoms with Crippen molar-refractivity contribution in [1.29, 1.82) is 5.26 Å². The van der Waals surface area contributed by atoms with Gasteiger partial charge in [-0.05, 0) is 25.2 Å². The molecule has 0 bridgehead atoms. The molecular formula is C15H17N3O. The Kier molecular flexibility index (Phi) is 3.24. The van der Waals surface area contributed by atoms with Gasteiger partial charge in [-0.15, -0.1) is 0 Å². The maximum absolute atomic E-state index is 9.11. The Hall–Kier alpha value is -1.83. The molecule has 0 saturated carbocycles. The normalized spacial score (nSPS) is 20.5. The summed E-state index contributed by atoms with van der Waals surface area (Å²) in [4.78, 5) is 2.29. The number of morpholine rings is 1. The van der Waals surface area contributed by atoms with Crippen LogP contribution in [0.25, 0.3) is 10.9 Å². The molecule has 2 heterocycles. The van der Waals surface area contributed by atoms with E-state index in [9.17, 15) is 0 Å². The molecule has 1 saturated heterocycles. The maximum atomic E-state index is 9.11. The smallest absolute Gasteiger partial charge is 0.0998 e. The van der Waals surface area contributed by atoms with E-state index in [4.69, 9.17) is 10.00 Å². The average Bonchev–Trinajstić information content (AvgIpc) is 2.82. The monoisotopic (exact) mass is 255 g/mol. The number of hydrogen-bond donors (Lipinski definition) is 0. The van der Waals surface area contributed by atoms with Crippen molar-refractivity contribution in [2.75, 3.05) is 26.7 Å². The number of fused-ring (bicyclic) bond motifs is 1. The van der Waals surface area contributed by atoms with Crippen molar-refractivity contribution in [3.05, 3.63) is 36.0 Å². The lowest BCUT2D eigenvalue weighted by Gasteiger charge is -2.30. The fourth-order valence-electron chi connectivity index (χ4n) is 2.68. The number of ether oxygens (including phenoxy) is 1. The highest BCUT2D eigenvalue weighted by Crippen LogP contribution is 2.20. The minimum Gasteiger partial charge on any atom is -0.374 e. The van der Waals surface area contributed by atoms with Crippen molar-refractivity contribution < 1.29 is 4.74 Å². The lowest BCUT2D eigenvalue weighted by atomic mass is 10.1. The Morgan fingerprint density at radius 1 is 1.42 bits per heavy atom. The predicted octanol–water partition coefficient (Wildman–Crippen LogP) is 1.84. The molecule has 0 aliphatic carbocycles. The number of benzene rings is 1. The van der Waals surface area contributed by atoms with Gasteiger partial charge in [-0.25, -0.2) is 0 Å². The summed E-state index contributed by atoms with van der Waals surface area (Å²) in [6, 6.07) is 10.1. The molecule has 2 aromatic rings. The van der Waals surface area contributed by atoms with Crippen LogP contribution in [0.5, 0.6) is 0 Å². The molecule has 1 aliphatic rings. The van der Waals surface area contributed by atoms with Gasteiger partial charge in [0.15, 0.2) is 0 Å². The molecule has 4 heteroatoms. The Balaban J connectivity index is 1.87. The molecular weight excluding hydrogens is 238 g/mol. The van der Waals surface area contributed by atoms with E-state index in [1.807, 2.05) is 24.4 Å². The van der Waals surface area contributed by atoms with Gasteiger partial charge in [0.25, 0.3) is 0 Å². The molecule has 1 fully saturated rings. The van der Waals surface area contributed by atoms with E-state index in [1.54, 1.807) is 0 Å². The molecule has 19 heavy (non-hydrogen) atoms. The molecule has 1 aromatic heterocycles. The fraction of sp³-hybridized carbons (Fsp3) is 0.400. The van der Waals surface area contributed by atoms with Crippen LogP contribution in [0.2, 0.25) is 0 Å². The van der Waals surface area contributed by atoms with E-state index < -0.39 is 0 Å².